The molecule has 0 aliphatic carbocycles. The van der Waals surface area contributed by atoms with Gasteiger partial charge in [-0.1, -0.05) is 49.4 Å². The lowest BCUT2D eigenvalue weighted by Crippen LogP contribution is -2.47. The second kappa shape index (κ2) is 7.16. The molecule has 2 heterocycles. The van der Waals surface area contributed by atoms with Gasteiger partial charge in [-0.15, -0.1) is 0 Å². The number of imide groups is 1. The Bertz CT molecular complexity index is 1020. The van der Waals surface area contributed by atoms with E-state index in [9.17, 15) is 14.4 Å². The summed E-state index contributed by atoms with van der Waals surface area (Å²) in [6, 6.07) is 13.4. The maximum Gasteiger partial charge on any atom is 0.262 e. The summed E-state index contributed by atoms with van der Waals surface area (Å²) in [6.07, 6.45) is 0.377. The van der Waals surface area contributed by atoms with Gasteiger partial charge in [0.25, 0.3) is 11.8 Å². The van der Waals surface area contributed by atoms with E-state index in [1.165, 1.54) is 11.3 Å². The van der Waals surface area contributed by atoms with E-state index in [-0.39, 0.29) is 5.92 Å². The largest absolute Gasteiger partial charge is 0.300 e. The zero-order valence-corrected chi connectivity index (χ0v) is 16.3. The number of thiazole rings is 1. The molecule has 7 heteroatoms. The Balaban J connectivity index is 1.63. The maximum atomic E-state index is 13.1. The molecule has 3 amide bonds. The second-order valence-corrected chi connectivity index (χ2v) is 8.18. The zero-order valence-electron chi connectivity index (χ0n) is 15.5. The normalized spacial score (nSPS) is 14.6. The molecule has 0 fully saturated rings. The third-order valence-electron chi connectivity index (χ3n) is 4.66. The quantitative estimate of drug-likeness (QED) is 0.666. The number of nitrogens with zero attached hydrogens (tertiary/aromatic N) is 2. The van der Waals surface area contributed by atoms with Crippen LogP contribution in [0.5, 0.6) is 0 Å². The molecule has 3 aromatic rings. The number of amides is 3. The monoisotopic (exact) mass is 393 g/mol. The number of anilines is 1. The summed E-state index contributed by atoms with van der Waals surface area (Å²) in [5, 5.41) is 3.26. The van der Waals surface area contributed by atoms with Crippen LogP contribution in [0.1, 0.15) is 41.0 Å². The third kappa shape index (κ3) is 3.18. The summed E-state index contributed by atoms with van der Waals surface area (Å²) in [6.45, 7) is 3.91. The van der Waals surface area contributed by atoms with E-state index in [0.717, 1.165) is 15.1 Å². The highest BCUT2D eigenvalue weighted by atomic mass is 32.1. The molecule has 2 aromatic carbocycles. The molecule has 1 aliphatic rings. The molecule has 0 spiro atoms. The van der Waals surface area contributed by atoms with Gasteiger partial charge in [0.2, 0.25) is 5.91 Å². The number of aromatic nitrogens is 1. The van der Waals surface area contributed by atoms with Crippen LogP contribution < -0.4 is 5.32 Å². The van der Waals surface area contributed by atoms with Crippen molar-refractivity contribution in [1.29, 1.82) is 0 Å². The average molecular weight is 393 g/mol. The fourth-order valence-corrected chi connectivity index (χ4v) is 4.25. The van der Waals surface area contributed by atoms with Gasteiger partial charge in [0.1, 0.15) is 6.04 Å². The molecule has 1 unspecified atom stereocenters. The van der Waals surface area contributed by atoms with Gasteiger partial charge in [-0.25, -0.2) is 4.98 Å². The Kier molecular flexibility index (Phi) is 4.68. The van der Waals surface area contributed by atoms with Crippen LogP contribution in [0.3, 0.4) is 0 Å². The maximum absolute atomic E-state index is 13.1. The smallest absolute Gasteiger partial charge is 0.262 e. The van der Waals surface area contributed by atoms with Gasteiger partial charge in [-0.2, -0.15) is 0 Å². The standard InChI is InChI=1S/C21H19N3O3S/c1-12(2)11-16(24-19(26)13-7-3-4-8-14(13)20(24)27)18(25)23-21-22-15-9-5-6-10-17(15)28-21/h3-10,12,16H,11H2,1-2H3,(H,22,23,25). The van der Waals surface area contributed by atoms with Gasteiger partial charge in [0.15, 0.2) is 5.13 Å². The Morgan fingerprint density at radius 3 is 2.25 bits per heavy atom. The number of carbonyl (C=O) groups is 3. The number of benzene rings is 2. The van der Waals surface area contributed by atoms with E-state index >= 15 is 0 Å². The molecule has 4 rings (SSSR count). The summed E-state index contributed by atoms with van der Waals surface area (Å²) in [5.74, 6) is -1.13. The highest BCUT2D eigenvalue weighted by Gasteiger charge is 2.42. The third-order valence-corrected chi connectivity index (χ3v) is 5.61. The molecular formula is C21H19N3O3S. The first kappa shape index (κ1) is 18.3. The molecule has 0 saturated carbocycles. The van der Waals surface area contributed by atoms with E-state index in [2.05, 4.69) is 10.3 Å². The Morgan fingerprint density at radius 1 is 1.04 bits per heavy atom. The van der Waals surface area contributed by atoms with Crippen LogP contribution in [0.25, 0.3) is 10.2 Å². The Morgan fingerprint density at radius 2 is 1.64 bits per heavy atom. The number of fused-ring (bicyclic) bond motifs is 2. The van der Waals surface area contributed by atoms with Crippen molar-refractivity contribution in [1.82, 2.24) is 9.88 Å². The van der Waals surface area contributed by atoms with Gasteiger partial charge < -0.3 is 5.32 Å². The van der Waals surface area contributed by atoms with Crippen LogP contribution in [-0.2, 0) is 4.79 Å². The number of hydrogen-bond acceptors (Lipinski definition) is 5. The molecule has 0 radical (unpaired) electrons. The number of nitrogens with one attached hydrogen (secondary N) is 1. The van der Waals surface area contributed by atoms with Crippen molar-refractivity contribution in [3.05, 3.63) is 59.7 Å². The summed E-state index contributed by atoms with van der Waals surface area (Å²) in [5.41, 5.74) is 1.48. The number of rotatable bonds is 5. The first-order chi connectivity index (χ1) is 13.5. The molecular weight excluding hydrogens is 374 g/mol. The molecule has 1 N–H and O–H groups in total. The van der Waals surface area contributed by atoms with Crippen molar-refractivity contribution in [2.24, 2.45) is 5.92 Å². The summed E-state index contributed by atoms with van der Waals surface area (Å²) in [4.78, 5) is 44.3. The van der Waals surface area contributed by atoms with Gasteiger partial charge in [0, 0.05) is 0 Å². The van der Waals surface area contributed by atoms with E-state index < -0.39 is 23.8 Å². The average Bonchev–Trinajstić information content (AvgIpc) is 3.19. The minimum atomic E-state index is -0.889. The van der Waals surface area contributed by atoms with Gasteiger partial charge in [-0.3, -0.25) is 19.3 Å². The van der Waals surface area contributed by atoms with Crippen LogP contribution in [0.4, 0.5) is 5.13 Å². The van der Waals surface area contributed by atoms with E-state index in [4.69, 9.17) is 0 Å². The molecule has 1 atom stereocenters. The number of para-hydroxylation sites is 1. The fraction of sp³-hybridized carbons (Fsp3) is 0.238. The van der Waals surface area contributed by atoms with Gasteiger partial charge >= 0.3 is 0 Å². The predicted octanol–water partition coefficient (Wildman–Crippen LogP) is 3.95. The molecule has 6 nitrogen and oxygen atoms in total. The SMILES string of the molecule is CC(C)CC(C(=O)Nc1nc2ccccc2s1)N1C(=O)c2ccccc2C1=O. The van der Waals surface area contributed by atoms with Crippen LogP contribution in [-0.4, -0.2) is 33.6 Å². The lowest BCUT2D eigenvalue weighted by atomic mass is 10.0. The lowest BCUT2D eigenvalue weighted by molar-refractivity contribution is -0.120. The van der Waals surface area contributed by atoms with Crippen molar-refractivity contribution in [2.45, 2.75) is 26.3 Å². The van der Waals surface area contributed by atoms with Crippen molar-refractivity contribution in [3.8, 4) is 0 Å². The second-order valence-electron chi connectivity index (χ2n) is 7.15. The van der Waals surface area contributed by atoms with Crippen molar-refractivity contribution >= 4 is 44.4 Å². The molecule has 0 saturated heterocycles. The number of carbonyl (C=O) groups excluding carboxylic acids is 3. The molecule has 0 bridgehead atoms. The van der Waals surface area contributed by atoms with Crippen LogP contribution in [0.15, 0.2) is 48.5 Å². The topological polar surface area (TPSA) is 79.4 Å². The predicted molar refractivity (Wildman–Crippen MR) is 108 cm³/mol. The van der Waals surface area contributed by atoms with Gasteiger partial charge in [0.05, 0.1) is 21.3 Å². The highest BCUT2D eigenvalue weighted by molar-refractivity contribution is 7.22. The first-order valence-corrected chi connectivity index (χ1v) is 9.90. The Labute approximate surface area is 166 Å². The van der Waals surface area contributed by atoms with Crippen LogP contribution in [0, 0.1) is 5.92 Å². The Hall–Kier alpha value is -3.06. The molecule has 1 aliphatic heterocycles. The lowest BCUT2D eigenvalue weighted by Gasteiger charge is -2.26. The first-order valence-electron chi connectivity index (χ1n) is 9.09. The minimum absolute atomic E-state index is 0.121. The van der Waals surface area contributed by atoms with Gasteiger partial charge in [-0.05, 0) is 36.6 Å². The molecule has 28 heavy (non-hydrogen) atoms. The highest BCUT2D eigenvalue weighted by Crippen LogP contribution is 2.29. The van der Waals surface area contributed by atoms with Crippen molar-refractivity contribution in [2.75, 3.05) is 5.32 Å². The summed E-state index contributed by atoms with van der Waals surface area (Å²) >= 11 is 1.36. The van der Waals surface area contributed by atoms with Crippen molar-refractivity contribution < 1.29 is 14.4 Å². The van der Waals surface area contributed by atoms with Crippen LogP contribution in [0.2, 0.25) is 0 Å². The van der Waals surface area contributed by atoms with E-state index in [0.29, 0.717) is 22.7 Å². The molecule has 1 aromatic heterocycles. The minimum Gasteiger partial charge on any atom is -0.300 e. The summed E-state index contributed by atoms with van der Waals surface area (Å²) < 4.78 is 0.957. The summed E-state index contributed by atoms with van der Waals surface area (Å²) in [7, 11) is 0. The van der Waals surface area contributed by atoms with Crippen molar-refractivity contribution in [3.63, 3.8) is 0 Å². The fourth-order valence-electron chi connectivity index (χ4n) is 3.38. The zero-order chi connectivity index (χ0) is 19.8. The number of hydrogen-bond donors (Lipinski definition) is 1. The molecule has 142 valence electrons. The van der Waals surface area contributed by atoms with Crippen LogP contribution >= 0.6 is 11.3 Å². The van der Waals surface area contributed by atoms with E-state index in [1.54, 1.807) is 24.3 Å². The van der Waals surface area contributed by atoms with E-state index in [1.807, 2.05) is 38.1 Å².